The van der Waals surface area contributed by atoms with Crippen LogP contribution in [0, 0.1) is 0 Å². The standard InChI is InChI=1S/C26H47NOS/c1-5-6-7-8-9-10-11-12-13-14-15-16-21-27-23(4)26(28)24-17-19-25(20-18-24)29-22(2)3/h17-20,22-23,26-28H,5-16,21H2,1-4H3. The van der Waals surface area contributed by atoms with Crippen LogP contribution in [0.25, 0.3) is 0 Å². The zero-order chi connectivity index (χ0) is 21.3. The summed E-state index contributed by atoms with van der Waals surface area (Å²) < 4.78 is 0. The fraction of sp³-hybridized carbons (Fsp3) is 0.769. The Morgan fingerprint density at radius 1 is 0.759 bits per heavy atom. The molecule has 29 heavy (non-hydrogen) atoms. The van der Waals surface area contributed by atoms with Gasteiger partial charge in [-0.2, -0.15) is 0 Å². The highest BCUT2D eigenvalue weighted by Gasteiger charge is 2.15. The normalized spacial score (nSPS) is 13.7. The van der Waals surface area contributed by atoms with Gasteiger partial charge < -0.3 is 10.4 Å². The van der Waals surface area contributed by atoms with Crippen LogP contribution < -0.4 is 5.32 Å². The Labute approximate surface area is 185 Å². The van der Waals surface area contributed by atoms with Gasteiger partial charge in [0.1, 0.15) is 0 Å². The Hall–Kier alpha value is -0.510. The van der Waals surface area contributed by atoms with Crippen molar-refractivity contribution in [2.24, 2.45) is 0 Å². The van der Waals surface area contributed by atoms with Crippen LogP contribution in [0.15, 0.2) is 29.2 Å². The van der Waals surface area contributed by atoms with Gasteiger partial charge in [-0.25, -0.2) is 0 Å². The predicted molar refractivity (Wildman–Crippen MR) is 131 cm³/mol. The van der Waals surface area contributed by atoms with Crippen LogP contribution in [0.5, 0.6) is 0 Å². The second-order valence-electron chi connectivity index (χ2n) is 8.81. The molecule has 0 saturated heterocycles. The molecule has 0 aliphatic rings. The summed E-state index contributed by atoms with van der Waals surface area (Å²) in [4.78, 5) is 1.27. The van der Waals surface area contributed by atoms with Crippen molar-refractivity contribution in [3.63, 3.8) is 0 Å². The smallest absolute Gasteiger partial charge is 0.0940 e. The third-order valence-corrected chi connectivity index (χ3v) is 6.58. The molecule has 2 unspecified atom stereocenters. The Morgan fingerprint density at radius 2 is 1.24 bits per heavy atom. The Bertz CT molecular complexity index is 488. The molecular weight excluding hydrogens is 374 g/mol. The lowest BCUT2D eigenvalue weighted by Gasteiger charge is -2.21. The summed E-state index contributed by atoms with van der Waals surface area (Å²) >= 11 is 1.86. The largest absolute Gasteiger partial charge is 0.387 e. The molecule has 1 aromatic rings. The van der Waals surface area contributed by atoms with Crippen molar-refractivity contribution >= 4 is 11.8 Å². The lowest BCUT2D eigenvalue weighted by Crippen LogP contribution is -2.32. The fourth-order valence-electron chi connectivity index (χ4n) is 3.71. The molecule has 0 aliphatic carbocycles. The molecule has 0 heterocycles. The lowest BCUT2D eigenvalue weighted by molar-refractivity contribution is 0.136. The van der Waals surface area contributed by atoms with Crippen LogP contribution in [-0.2, 0) is 0 Å². The van der Waals surface area contributed by atoms with Gasteiger partial charge in [-0.3, -0.25) is 0 Å². The summed E-state index contributed by atoms with van der Waals surface area (Å²) in [7, 11) is 0. The molecule has 0 aromatic heterocycles. The number of aliphatic hydroxyl groups is 1. The zero-order valence-electron chi connectivity index (χ0n) is 19.6. The number of unbranched alkanes of at least 4 members (excludes halogenated alkanes) is 11. The highest BCUT2D eigenvalue weighted by molar-refractivity contribution is 7.99. The van der Waals surface area contributed by atoms with E-state index in [0.717, 1.165) is 12.1 Å². The van der Waals surface area contributed by atoms with E-state index in [0.29, 0.717) is 5.25 Å². The number of hydrogen-bond donors (Lipinski definition) is 2. The quantitative estimate of drug-likeness (QED) is 0.187. The molecule has 2 nitrogen and oxygen atoms in total. The van der Waals surface area contributed by atoms with E-state index in [1.165, 1.54) is 81.9 Å². The molecule has 3 heteroatoms. The van der Waals surface area contributed by atoms with Gasteiger partial charge in [0.2, 0.25) is 0 Å². The Balaban J connectivity index is 2.02. The second-order valence-corrected chi connectivity index (χ2v) is 10.5. The van der Waals surface area contributed by atoms with E-state index in [-0.39, 0.29) is 6.04 Å². The van der Waals surface area contributed by atoms with Gasteiger partial charge in [-0.15, -0.1) is 11.8 Å². The summed E-state index contributed by atoms with van der Waals surface area (Å²) in [5, 5.41) is 14.7. The fourth-order valence-corrected chi connectivity index (χ4v) is 4.55. The molecule has 2 atom stereocenters. The number of hydrogen-bond acceptors (Lipinski definition) is 3. The van der Waals surface area contributed by atoms with E-state index in [2.05, 4.69) is 57.3 Å². The van der Waals surface area contributed by atoms with Crippen LogP contribution in [0.3, 0.4) is 0 Å². The Kier molecular flexibility index (Phi) is 15.7. The van der Waals surface area contributed by atoms with E-state index in [9.17, 15) is 5.11 Å². The first kappa shape index (κ1) is 26.5. The van der Waals surface area contributed by atoms with Crippen LogP contribution in [-0.4, -0.2) is 22.9 Å². The third kappa shape index (κ3) is 13.4. The molecule has 0 fully saturated rings. The monoisotopic (exact) mass is 421 g/mol. The van der Waals surface area contributed by atoms with Crippen LogP contribution in [0.1, 0.15) is 116 Å². The van der Waals surface area contributed by atoms with Crippen molar-refractivity contribution in [1.29, 1.82) is 0 Å². The van der Waals surface area contributed by atoms with Crippen molar-refractivity contribution < 1.29 is 5.11 Å². The van der Waals surface area contributed by atoms with Gasteiger partial charge in [0.15, 0.2) is 0 Å². The van der Waals surface area contributed by atoms with E-state index in [1.807, 2.05) is 11.8 Å². The third-order valence-electron chi connectivity index (χ3n) is 5.56. The molecule has 0 aliphatic heterocycles. The summed E-state index contributed by atoms with van der Waals surface area (Å²) in [5.74, 6) is 0. The van der Waals surface area contributed by atoms with Crippen LogP contribution >= 0.6 is 11.8 Å². The number of nitrogens with one attached hydrogen (secondary N) is 1. The van der Waals surface area contributed by atoms with Gasteiger partial charge in [0.05, 0.1) is 6.10 Å². The zero-order valence-corrected chi connectivity index (χ0v) is 20.4. The average Bonchev–Trinajstić information content (AvgIpc) is 2.71. The summed E-state index contributed by atoms with van der Waals surface area (Å²) in [6, 6.07) is 8.48. The molecule has 1 rings (SSSR count). The number of rotatable bonds is 18. The van der Waals surface area contributed by atoms with Gasteiger partial charge in [0.25, 0.3) is 0 Å². The number of aliphatic hydroxyl groups excluding tert-OH is 1. The minimum atomic E-state index is -0.439. The SMILES string of the molecule is CCCCCCCCCCCCCCNC(C)C(O)c1ccc(SC(C)C)cc1. The first-order valence-corrected chi connectivity index (χ1v) is 13.1. The van der Waals surface area contributed by atoms with Crippen LogP contribution in [0.2, 0.25) is 0 Å². The summed E-state index contributed by atoms with van der Waals surface area (Å²) in [6.07, 6.45) is 16.1. The van der Waals surface area contributed by atoms with Crippen molar-refractivity contribution in [2.45, 2.75) is 127 Å². The first-order valence-electron chi connectivity index (χ1n) is 12.2. The molecule has 0 amide bonds. The van der Waals surface area contributed by atoms with Crippen molar-refractivity contribution in [2.75, 3.05) is 6.54 Å². The van der Waals surface area contributed by atoms with Crippen molar-refractivity contribution in [3.8, 4) is 0 Å². The molecule has 2 N–H and O–H groups in total. The lowest BCUT2D eigenvalue weighted by atomic mass is 10.0. The second kappa shape index (κ2) is 17.2. The van der Waals surface area contributed by atoms with Crippen molar-refractivity contribution in [3.05, 3.63) is 29.8 Å². The van der Waals surface area contributed by atoms with E-state index in [1.54, 1.807) is 0 Å². The maximum Gasteiger partial charge on any atom is 0.0940 e. The molecule has 0 radical (unpaired) electrons. The summed E-state index contributed by atoms with van der Waals surface area (Å²) in [6.45, 7) is 9.77. The van der Waals surface area contributed by atoms with Gasteiger partial charge in [0, 0.05) is 16.2 Å². The molecular formula is C26H47NOS. The maximum absolute atomic E-state index is 10.6. The van der Waals surface area contributed by atoms with Gasteiger partial charge in [-0.05, 0) is 37.6 Å². The van der Waals surface area contributed by atoms with Crippen LogP contribution in [0.4, 0.5) is 0 Å². The highest BCUT2D eigenvalue weighted by atomic mass is 32.2. The number of thioether (sulfide) groups is 1. The molecule has 0 saturated carbocycles. The molecule has 168 valence electrons. The average molecular weight is 422 g/mol. The number of benzene rings is 1. The first-order chi connectivity index (χ1) is 14.0. The molecule has 0 bridgehead atoms. The van der Waals surface area contributed by atoms with Gasteiger partial charge in [-0.1, -0.05) is 104 Å². The van der Waals surface area contributed by atoms with Crippen molar-refractivity contribution in [1.82, 2.24) is 5.32 Å². The molecule has 1 aromatic carbocycles. The minimum absolute atomic E-state index is 0.0892. The maximum atomic E-state index is 10.6. The topological polar surface area (TPSA) is 32.3 Å². The van der Waals surface area contributed by atoms with E-state index < -0.39 is 6.10 Å². The Morgan fingerprint density at radius 3 is 1.72 bits per heavy atom. The highest BCUT2D eigenvalue weighted by Crippen LogP contribution is 2.25. The van der Waals surface area contributed by atoms with Gasteiger partial charge >= 0.3 is 0 Å². The van der Waals surface area contributed by atoms with E-state index >= 15 is 0 Å². The molecule has 0 spiro atoms. The van der Waals surface area contributed by atoms with E-state index in [4.69, 9.17) is 0 Å². The minimum Gasteiger partial charge on any atom is -0.387 e. The summed E-state index contributed by atoms with van der Waals surface area (Å²) in [5.41, 5.74) is 1.01. The predicted octanol–water partition coefficient (Wildman–Crippen LogP) is 7.90.